The van der Waals surface area contributed by atoms with E-state index in [1.165, 1.54) is 24.3 Å². The van der Waals surface area contributed by atoms with Crippen LogP contribution >= 0.6 is 7.60 Å². The van der Waals surface area contributed by atoms with Gasteiger partial charge in [-0.25, -0.2) is 9.18 Å². The Kier molecular flexibility index (Phi) is 8.48. The van der Waals surface area contributed by atoms with E-state index in [4.69, 9.17) is 0 Å². The number of phenols is 1. The van der Waals surface area contributed by atoms with Crippen molar-refractivity contribution in [1.82, 2.24) is 4.90 Å². The molecule has 3 atom stereocenters. The zero-order chi connectivity index (χ0) is 30.0. The molecule has 0 bridgehead atoms. The van der Waals surface area contributed by atoms with Crippen LogP contribution in [0, 0.1) is 5.82 Å². The Hall–Kier alpha value is -4.01. The Balaban J connectivity index is 1.43. The fourth-order valence-electron chi connectivity index (χ4n) is 5.57. The molecular formula is C32H32FN2O6P. The summed E-state index contributed by atoms with van der Waals surface area (Å²) < 4.78 is 24.9. The van der Waals surface area contributed by atoms with Gasteiger partial charge in [0, 0.05) is 18.3 Å². The predicted molar refractivity (Wildman–Crippen MR) is 159 cm³/mol. The number of urea groups is 1. The fraction of sp³-hybridized carbons (Fsp3) is 0.219. The molecule has 2 amide bonds. The SMILES string of the molecule is CN1C(=O)N(c2ccccc2)[C@H](c2ccc(-c3ccc(P(=O)(O)O)cc3)cc2O)[C@H]1CCCC(O)c1ccc(F)cc1. The van der Waals surface area contributed by atoms with Gasteiger partial charge in [0.2, 0.25) is 0 Å². The van der Waals surface area contributed by atoms with E-state index in [1.807, 2.05) is 36.4 Å². The summed E-state index contributed by atoms with van der Waals surface area (Å²) in [6.07, 6.45) is 0.753. The van der Waals surface area contributed by atoms with Gasteiger partial charge >= 0.3 is 13.6 Å². The predicted octanol–water partition coefficient (Wildman–Crippen LogP) is 5.89. The number of halogens is 1. The third-order valence-electron chi connectivity index (χ3n) is 7.80. The molecule has 1 aliphatic heterocycles. The monoisotopic (exact) mass is 590 g/mol. The van der Waals surface area contributed by atoms with E-state index in [0.29, 0.717) is 47.2 Å². The summed E-state index contributed by atoms with van der Waals surface area (Å²) >= 11 is 0. The van der Waals surface area contributed by atoms with E-state index in [-0.39, 0.29) is 28.9 Å². The van der Waals surface area contributed by atoms with Gasteiger partial charge < -0.3 is 24.9 Å². The number of aliphatic hydroxyl groups excluding tert-OH is 1. The van der Waals surface area contributed by atoms with Crippen LogP contribution in [0.1, 0.15) is 42.5 Å². The van der Waals surface area contributed by atoms with E-state index in [1.54, 1.807) is 53.2 Å². The van der Waals surface area contributed by atoms with E-state index in [2.05, 4.69) is 0 Å². The summed E-state index contributed by atoms with van der Waals surface area (Å²) in [5.74, 6) is -0.387. The first-order chi connectivity index (χ1) is 20.0. The highest BCUT2D eigenvalue weighted by Crippen LogP contribution is 2.44. The second-order valence-electron chi connectivity index (χ2n) is 10.5. The van der Waals surface area contributed by atoms with Crippen molar-refractivity contribution in [3.63, 3.8) is 0 Å². The summed E-state index contributed by atoms with van der Waals surface area (Å²) in [7, 11) is -2.64. The molecule has 4 N–H and O–H groups in total. The summed E-state index contributed by atoms with van der Waals surface area (Å²) in [6, 6.07) is 25.0. The number of hydrogen-bond donors (Lipinski definition) is 4. The largest absolute Gasteiger partial charge is 0.508 e. The minimum Gasteiger partial charge on any atom is -0.508 e. The first kappa shape index (κ1) is 29.5. The Morgan fingerprint density at radius 3 is 2.17 bits per heavy atom. The number of carbonyl (C=O) groups is 1. The first-order valence-electron chi connectivity index (χ1n) is 13.6. The molecule has 0 saturated carbocycles. The lowest BCUT2D eigenvalue weighted by atomic mass is 9.91. The highest BCUT2D eigenvalue weighted by molar-refractivity contribution is 7.60. The maximum absolute atomic E-state index is 13.6. The molecule has 42 heavy (non-hydrogen) atoms. The Morgan fingerprint density at radius 2 is 1.55 bits per heavy atom. The van der Waals surface area contributed by atoms with Crippen LogP contribution in [0.25, 0.3) is 11.1 Å². The third kappa shape index (κ3) is 6.10. The van der Waals surface area contributed by atoms with Gasteiger partial charge in [0.25, 0.3) is 0 Å². The molecule has 0 aliphatic carbocycles. The van der Waals surface area contributed by atoms with Crippen molar-refractivity contribution in [1.29, 1.82) is 0 Å². The van der Waals surface area contributed by atoms with Crippen LogP contribution in [0.3, 0.4) is 0 Å². The van der Waals surface area contributed by atoms with Crippen molar-refractivity contribution in [3.8, 4) is 16.9 Å². The molecule has 1 unspecified atom stereocenters. The number of anilines is 1. The maximum Gasteiger partial charge on any atom is 0.356 e. The average Bonchev–Trinajstić information content (AvgIpc) is 3.22. The molecule has 1 aliphatic rings. The van der Waals surface area contributed by atoms with Gasteiger partial charge in [-0.15, -0.1) is 0 Å². The average molecular weight is 591 g/mol. The number of carbonyl (C=O) groups excluding carboxylic acids is 1. The molecule has 0 aromatic heterocycles. The number of nitrogens with zero attached hydrogens (tertiary/aromatic N) is 2. The number of para-hydroxylation sites is 1. The fourth-order valence-corrected chi connectivity index (χ4v) is 6.10. The maximum atomic E-state index is 13.6. The molecule has 4 aromatic rings. The van der Waals surface area contributed by atoms with Gasteiger partial charge in [-0.1, -0.05) is 54.6 Å². The second-order valence-corrected chi connectivity index (χ2v) is 12.1. The van der Waals surface area contributed by atoms with Crippen LogP contribution < -0.4 is 10.2 Å². The van der Waals surface area contributed by atoms with Gasteiger partial charge in [0.15, 0.2) is 0 Å². The summed E-state index contributed by atoms with van der Waals surface area (Å²) in [4.78, 5) is 35.7. The zero-order valence-electron chi connectivity index (χ0n) is 22.9. The van der Waals surface area contributed by atoms with E-state index in [9.17, 15) is 33.7 Å². The Labute approximate surface area is 243 Å². The van der Waals surface area contributed by atoms with Crippen molar-refractivity contribution in [2.45, 2.75) is 37.5 Å². The highest BCUT2D eigenvalue weighted by atomic mass is 31.2. The standard InChI is InChI=1S/C32H32FN2O6P/c1-34-28(8-5-9-29(36)22-10-15-24(33)16-11-22)31(35(32(34)38)25-6-3-2-4-7-25)27-19-14-23(20-30(27)37)21-12-17-26(18-13-21)42(39,40)41/h2-4,6-7,10-20,28-29,31,36-37H,5,8-9H2,1H3,(H2,39,40,41)/t28-,29?,31-/m1/s1. The third-order valence-corrected chi connectivity index (χ3v) is 8.77. The molecule has 1 heterocycles. The summed E-state index contributed by atoms with van der Waals surface area (Å²) in [5, 5.41) is 21.9. The van der Waals surface area contributed by atoms with E-state index >= 15 is 0 Å². The van der Waals surface area contributed by atoms with Crippen molar-refractivity contribution in [3.05, 3.63) is 114 Å². The highest BCUT2D eigenvalue weighted by Gasteiger charge is 2.46. The number of hydrogen-bond acceptors (Lipinski definition) is 4. The minimum atomic E-state index is -4.37. The smallest absolute Gasteiger partial charge is 0.356 e. The first-order valence-corrected chi connectivity index (χ1v) is 15.2. The number of aromatic hydroxyl groups is 1. The number of phenolic OH excluding ortho intramolecular Hbond substituents is 1. The molecule has 1 saturated heterocycles. The molecule has 8 nitrogen and oxygen atoms in total. The topological polar surface area (TPSA) is 122 Å². The van der Waals surface area contributed by atoms with Crippen molar-refractivity contribution < 1.29 is 33.7 Å². The van der Waals surface area contributed by atoms with E-state index in [0.717, 1.165) is 0 Å². The zero-order valence-corrected chi connectivity index (χ0v) is 23.8. The quantitative estimate of drug-likeness (QED) is 0.181. The van der Waals surface area contributed by atoms with Crippen LogP contribution in [-0.4, -0.2) is 44.0 Å². The van der Waals surface area contributed by atoms with Crippen LogP contribution in [0.2, 0.25) is 0 Å². The van der Waals surface area contributed by atoms with Crippen LogP contribution in [0.4, 0.5) is 14.9 Å². The number of rotatable bonds is 9. The number of likely N-dealkylation sites (N-methyl/N-ethyl adjacent to an activating group) is 1. The number of amides is 2. The van der Waals surface area contributed by atoms with Gasteiger partial charge in [-0.3, -0.25) is 9.46 Å². The van der Waals surface area contributed by atoms with Crippen LogP contribution in [0.5, 0.6) is 5.75 Å². The lowest BCUT2D eigenvalue weighted by molar-refractivity contribution is 0.158. The van der Waals surface area contributed by atoms with Crippen molar-refractivity contribution in [2.24, 2.45) is 0 Å². The molecule has 4 aromatic carbocycles. The van der Waals surface area contributed by atoms with Crippen LogP contribution in [0.15, 0.2) is 97.1 Å². The lowest BCUT2D eigenvalue weighted by Gasteiger charge is -2.29. The molecular weight excluding hydrogens is 558 g/mol. The lowest BCUT2D eigenvalue weighted by Crippen LogP contribution is -2.31. The number of benzene rings is 4. The van der Waals surface area contributed by atoms with Gasteiger partial charge in [0.1, 0.15) is 11.6 Å². The second kappa shape index (κ2) is 12.1. The molecule has 10 heteroatoms. The Morgan fingerprint density at radius 1 is 0.905 bits per heavy atom. The number of aliphatic hydroxyl groups is 1. The summed E-state index contributed by atoms with van der Waals surface area (Å²) in [5.41, 5.74) is 3.18. The molecule has 5 rings (SSSR count). The molecule has 0 spiro atoms. The van der Waals surface area contributed by atoms with Crippen LogP contribution in [-0.2, 0) is 4.57 Å². The normalized spacial score (nSPS) is 18.0. The van der Waals surface area contributed by atoms with Gasteiger partial charge in [0.05, 0.1) is 23.5 Å². The molecule has 1 fully saturated rings. The molecule has 218 valence electrons. The van der Waals surface area contributed by atoms with Crippen molar-refractivity contribution in [2.75, 3.05) is 11.9 Å². The van der Waals surface area contributed by atoms with Gasteiger partial charge in [-0.05, 0) is 78.4 Å². The summed E-state index contributed by atoms with van der Waals surface area (Å²) in [6.45, 7) is 0. The van der Waals surface area contributed by atoms with Crippen molar-refractivity contribution >= 4 is 24.6 Å². The minimum absolute atomic E-state index is 0.0167. The van der Waals surface area contributed by atoms with Gasteiger partial charge in [-0.2, -0.15) is 0 Å². The molecule has 0 radical (unpaired) electrons. The Bertz CT molecular complexity index is 1590. The van der Waals surface area contributed by atoms with E-state index < -0.39 is 19.7 Å².